The minimum atomic E-state index is -0.135. The van der Waals surface area contributed by atoms with Crippen molar-refractivity contribution >= 4 is 44.6 Å². The Kier molecular flexibility index (Phi) is 4.73. The van der Waals surface area contributed by atoms with Crippen LogP contribution in [0.4, 0.5) is 5.69 Å². The normalized spacial score (nSPS) is 10.9. The topological polar surface area (TPSA) is 29.1 Å². The van der Waals surface area contributed by atoms with Gasteiger partial charge in [-0.15, -0.1) is 11.3 Å². The summed E-state index contributed by atoms with van der Waals surface area (Å²) >= 11 is 7.72. The highest BCUT2D eigenvalue weighted by atomic mass is 35.5. The second-order valence-corrected chi connectivity index (χ2v) is 8.02. The molecule has 0 spiro atoms. The average molecular weight is 392 g/mol. The summed E-state index contributed by atoms with van der Waals surface area (Å²) < 4.78 is 1.10. The third-order valence-corrected chi connectivity index (χ3v) is 5.74. The van der Waals surface area contributed by atoms with Crippen molar-refractivity contribution in [3.05, 3.63) is 87.8 Å². The van der Waals surface area contributed by atoms with Crippen molar-refractivity contribution in [2.75, 3.05) is 5.32 Å². The van der Waals surface area contributed by atoms with Gasteiger partial charge in [0.25, 0.3) is 5.91 Å². The molecule has 1 heterocycles. The van der Waals surface area contributed by atoms with Crippen molar-refractivity contribution in [3.8, 4) is 11.1 Å². The minimum Gasteiger partial charge on any atom is -0.322 e. The summed E-state index contributed by atoms with van der Waals surface area (Å²) in [6, 6.07) is 19.9. The van der Waals surface area contributed by atoms with Crippen LogP contribution in [0, 0.1) is 13.8 Å². The predicted molar refractivity (Wildman–Crippen MR) is 116 cm³/mol. The summed E-state index contributed by atoms with van der Waals surface area (Å²) in [7, 11) is 0. The molecule has 0 atom stereocenters. The van der Waals surface area contributed by atoms with Crippen LogP contribution in [0.15, 0.2) is 66.0 Å². The van der Waals surface area contributed by atoms with E-state index in [0.717, 1.165) is 27.1 Å². The molecular weight excluding hydrogens is 374 g/mol. The van der Waals surface area contributed by atoms with Gasteiger partial charge >= 0.3 is 0 Å². The fraction of sp³-hybridized carbons (Fsp3) is 0.0870. The molecule has 0 aliphatic carbocycles. The van der Waals surface area contributed by atoms with Crippen LogP contribution in [0.5, 0.6) is 0 Å². The average Bonchev–Trinajstić information content (AvgIpc) is 3.13. The van der Waals surface area contributed by atoms with E-state index in [9.17, 15) is 4.79 Å². The van der Waals surface area contributed by atoms with Gasteiger partial charge in [-0.25, -0.2) is 0 Å². The number of nitrogens with one attached hydrogen (secondary N) is 1. The van der Waals surface area contributed by atoms with Gasteiger partial charge < -0.3 is 5.32 Å². The van der Waals surface area contributed by atoms with E-state index < -0.39 is 0 Å². The first-order chi connectivity index (χ1) is 13.0. The molecule has 27 heavy (non-hydrogen) atoms. The lowest BCUT2D eigenvalue weighted by atomic mass is 9.98. The summed E-state index contributed by atoms with van der Waals surface area (Å²) in [5, 5.41) is 6.82. The van der Waals surface area contributed by atoms with E-state index in [2.05, 4.69) is 48.0 Å². The SMILES string of the molecule is Cc1ccc(-c2cc(C(=O)Nc3cc(Cl)ccc3C)cc3sccc23)cc1. The number of carbonyl (C=O) groups is 1. The molecule has 3 aromatic carbocycles. The van der Waals surface area contributed by atoms with Crippen LogP contribution in [-0.2, 0) is 0 Å². The first-order valence-electron chi connectivity index (χ1n) is 8.67. The van der Waals surface area contributed by atoms with Gasteiger partial charge in [-0.1, -0.05) is 47.5 Å². The molecule has 0 radical (unpaired) electrons. The number of fused-ring (bicyclic) bond motifs is 1. The Bertz CT molecular complexity index is 1140. The number of hydrogen-bond donors (Lipinski definition) is 1. The fourth-order valence-electron chi connectivity index (χ4n) is 3.10. The molecule has 0 saturated carbocycles. The third kappa shape index (κ3) is 3.61. The number of carbonyl (C=O) groups excluding carboxylic acids is 1. The van der Waals surface area contributed by atoms with Crippen LogP contribution < -0.4 is 5.32 Å². The van der Waals surface area contributed by atoms with Gasteiger partial charge in [0.2, 0.25) is 0 Å². The number of halogens is 1. The largest absolute Gasteiger partial charge is 0.322 e. The first kappa shape index (κ1) is 17.8. The summed E-state index contributed by atoms with van der Waals surface area (Å²) in [5.74, 6) is -0.135. The molecule has 0 aliphatic rings. The Morgan fingerprint density at radius 1 is 0.963 bits per heavy atom. The zero-order valence-corrected chi connectivity index (χ0v) is 16.6. The predicted octanol–water partition coefficient (Wildman–Crippen LogP) is 7.09. The van der Waals surface area contributed by atoms with E-state index >= 15 is 0 Å². The van der Waals surface area contributed by atoms with E-state index in [4.69, 9.17) is 11.6 Å². The standard InChI is InChI=1S/C23H18ClNOS/c1-14-3-6-16(7-4-14)20-11-17(12-22-19(20)9-10-27-22)23(26)25-21-13-18(24)8-5-15(21)2/h3-13H,1-2H3,(H,25,26). The van der Waals surface area contributed by atoms with Crippen LogP contribution >= 0.6 is 22.9 Å². The number of amides is 1. The van der Waals surface area contributed by atoms with Crippen molar-refractivity contribution < 1.29 is 4.79 Å². The number of hydrogen-bond acceptors (Lipinski definition) is 2. The van der Waals surface area contributed by atoms with Crippen molar-refractivity contribution in [2.24, 2.45) is 0 Å². The van der Waals surface area contributed by atoms with Gasteiger partial charge in [0.15, 0.2) is 0 Å². The Labute approximate surface area is 167 Å². The smallest absolute Gasteiger partial charge is 0.255 e. The van der Waals surface area contributed by atoms with E-state index in [1.165, 1.54) is 10.9 Å². The number of benzene rings is 3. The highest BCUT2D eigenvalue weighted by molar-refractivity contribution is 7.17. The molecule has 0 aliphatic heterocycles. The fourth-order valence-corrected chi connectivity index (χ4v) is 4.12. The van der Waals surface area contributed by atoms with Gasteiger partial charge in [-0.3, -0.25) is 4.79 Å². The maximum Gasteiger partial charge on any atom is 0.255 e. The highest BCUT2D eigenvalue weighted by Gasteiger charge is 2.14. The maximum atomic E-state index is 12.9. The monoisotopic (exact) mass is 391 g/mol. The van der Waals surface area contributed by atoms with E-state index in [-0.39, 0.29) is 5.91 Å². The quantitative estimate of drug-likeness (QED) is 0.396. The lowest BCUT2D eigenvalue weighted by Gasteiger charge is -2.11. The van der Waals surface area contributed by atoms with Crippen LogP contribution in [0.2, 0.25) is 5.02 Å². The van der Waals surface area contributed by atoms with E-state index in [0.29, 0.717) is 10.6 Å². The summed E-state index contributed by atoms with van der Waals surface area (Å²) in [6.07, 6.45) is 0. The molecule has 0 fully saturated rings. The number of aryl methyl sites for hydroxylation is 2. The maximum absolute atomic E-state index is 12.9. The van der Waals surface area contributed by atoms with Gasteiger partial charge in [-0.05, 0) is 66.2 Å². The highest BCUT2D eigenvalue weighted by Crippen LogP contribution is 2.34. The molecule has 4 aromatic rings. The lowest BCUT2D eigenvalue weighted by molar-refractivity contribution is 0.102. The number of rotatable bonds is 3. The number of anilines is 1. The minimum absolute atomic E-state index is 0.135. The first-order valence-corrected chi connectivity index (χ1v) is 9.93. The Hall–Kier alpha value is -2.62. The van der Waals surface area contributed by atoms with E-state index in [1.807, 2.05) is 31.2 Å². The molecule has 0 unspecified atom stereocenters. The summed E-state index contributed by atoms with van der Waals surface area (Å²) in [4.78, 5) is 12.9. The van der Waals surface area contributed by atoms with E-state index in [1.54, 1.807) is 17.4 Å². The summed E-state index contributed by atoms with van der Waals surface area (Å²) in [5.41, 5.74) is 5.74. The molecule has 134 valence electrons. The molecule has 1 amide bonds. The van der Waals surface area contributed by atoms with Gasteiger partial charge in [-0.2, -0.15) is 0 Å². The molecule has 0 saturated heterocycles. The molecule has 0 bridgehead atoms. The second-order valence-electron chi connectivity index (χ2n) is 6.64. The van der Waals surface area contributed by atoms with Gasteiger partial charge in [0.05, 0.1) is 0 Å². The van der Waals surface area contributed by atoms with Crippen molar-refractivity contribution in [1.82, 2.24) is 0 Å². The Balaban J connectivity index is 1.77. The molecule has 2 nitrogen and oxygen atoms in total. The number of thiophene rings is 1. The van der Waals surface area contributed by atoms with Crippen molar-refractivity contribution in [2.45, 2.75) is 13.8 Å². The molecule has 1 aromatic heterocycles. The van der Waals surface area contributed by atoms with Gasteiger partial charge in [0.1, 0.15) is 0 Å². The van der Waals surface area contributed by atoms with Crippen molar-refractivity contribution in [3.63, 3.8) is 0 Å². The third-order valence-electron chi connectivity index (χ3n) is 4.64. The molecular formula is C23H18ClNOS. The molecule has 1 N–H and O–H groups in total. The Morgan fingerprint density at radius 3 is 2.52 bits per heavy atom. The zero-order chi connectivity index (χ0) is 19.0. The second kappa shape index (κ2) is 7.18. The van der Waals surface area contributed by atoms with Crippen LogP contribution in [0.1, 0.15) is 21.5 Å². The molecule has 4 heteroatoms. The summed E-state index contributed by atoms with van der Waals surface area (Å²) in [6.45, 7) is 4.02. The lowest BCUT2D eigenvalue weighted by Crippen LogP contribution is -2.12. The van der Waals surface area contributed by atoms with Crippen LogP contribution in [-0.4, -0.2) is 5.91 Å². The Morgan fingerprint density at radius 2 is 1.74 bits per heavy atom. The van der Waals surface area contributed by atoms with Crippen molar-refractivity contribution in [1.29, 1.82) is 0 Å². The van der Waals surface area contributed by atoms with Crippen LogP contribution in [0.3, 0.4) is 0 Å². The van der Waals surface area contributed by atoms with Gasteiger partial charge in [0, 0.05) is 26.4 Å². The zero-order valence-electron chi connectivity index (χ0n) is 15.0. The molecule has 4 rings (SSSR count). The van der Waals surface area contributed by atoms with Crippen LogP contribution in [0.25, 0.3) is 21.2 Å².